The molecule has 2 aromatic carbocycles. The average Bonchev–Trinajstić information content (AvgIpc) is 2.84. The molecule has 0 aliphatic carbocycles. The van der Waals surface area contributed by atoms with Gasteiger partial charge in [-0.3, -0.25) is 10.4 Å². The molecule has 4 rings (SSSR count). The Morgan fingerprint density at radius 2 is 1.82 bits per heavy atom. The number of aliphatic imine (C=N–C) groups is 1. The van der Waals surface area contributed by atoms with Gasteiger partial charge in [-0.05, 0) is 37.5 Å². The second-order valence-corrected chi connectivity index (χ2v) is 10.9. The van der Waals surface area contributed by atoms with E-state index < -0.39 is 15.3 Å². The standard InChI is InChI=1S/C24H33FN6O2S/c1-18-8-11-23(19-6-4-3-5-7-19)34(32,33)31(18)17-20-9-10-21(16-22(20)25)29-12-14-30(15-13-29)24(27-2)28-26/h3-7,9-10,16,18,23H,8,11-15,17,26H2,1-2H3,(H,27,28). The average molecular weight is 489 g/mol. The molecule has 3 N–H and O–H groups in total. The number of hydrazine groups is 1. The van der Waals surface area contributed by atoms with Gasteiger partial charge >= 0.3 is 0 Å². The summed E-state index contributed by atoms with van der Waals surface area (Å²) in [5.41, 5.74) is 4.56. The van der Waals surface area contributed by atoms with Crippen LogP contribution in [0, 0.1) is 5.82 Å². The summed E-state index contributed by atoms with van der Waals surface area (Å²) in [5, 5.41) is -0.594. The Bertz CT molecular complexity index is 1120. The first-order valence-electron chi connectivity index (χ1n) is 11.6. The maximum Gasteiger partial charge on any atom is 0.221 e. The number of hydrogen-bond acceptors (Lipinski definition) is 5. The minimum absolute atomic E-state index is 0.0330. The minimum atomic E-state index is -3.61. The predicted molar refractivity (Wildman–Crippen MR) is 133 cm³/mol. The van der Waals surface area contributed by atoms with Crippen molar-refractivity contribution in [1.29, 1.82) is 0 Å². The third-order valence-corrected chi connectivity index (χ3v) is 9.21. The summed E-state index contributed by atoms with van der Waals surface area (Å²) in [6.07, 6.45) is 1.31. The van der Waals surface area contributed by atoms with Crippen molar-refractivity contribution in [2.45, 2.75) is 37.6 Å². The van der Waals surface area contributed by atoms with Crippen molar-refractivity contribution in [3.8, 4) is 0 Å². The van der Waals surface area contributed by atoms with Crippen LogP contribution in [0.5, 0.6) is 0 Å². The number of piperazine rings is 1. The maximum absolute atomic E-state index is 15.2. The molecular weight excluding hydrogens is 455 g/mol. The molecule has 2 aliphatic rings. The number of nitrogens with zero attached hydrogens (tertiary/aromatic N) is 4. The molecule has 2 aliphatic heterocycles. The molecule has 184 valence electrons. The van der Waals surface area contributed by atoms with Gasteiger partial charge in [0.25, 0.3) is 0 Å². The van der Waals surface area contributed by atoms with Crippen LogP contribution in [-0.2, 0) is 16.6 Å². The van der Waals surface area contributed by atoms with Gasteiger partial charge in [0, 0.05) is 57.1 Å². The van der Waals surface area contributed by atoms with Gasteiger partial charge in [0.05, 0.1) is 0 Å². The van der Waals surface area contributed by atoms with Crippen molar-refractivity contribution in [2.24, 2.45) is 10.8 Å². The third kappa shape index (κ3) is 4.89. The summed E-state index contributed by atoms with van der Waals surface area (Å²) in [7, 11) is -1.93. The lowest BCUT2D eigenvalue weighted by Crippen LogP contribution is -2.54. The van der Waals surface area contributed by atoms with Crippen molar-refractivity contribution in [1.82, 2.24) is 14.6 Å². The number of rotatable bonds is 4. The van der Waals surface area contributed by atoms with Crippen LogP contribution in [0.25, 0.3) is 0 Å². The van der Waals surface area contributed by atoms with Gasteiger partial charge < -0.3 is 9.80 Å². The molecule has 0 spiro atoms. The Labute approximate surface area is 201 Å². The van der Waals surface area contributed by atoms with Crippen LogP contribution >= 0.6 is 0 Å². The first-order valence-corrected chi connectivity index (χ1v) is 13.1. The van der Waals surface area contributed by atoms with Gasteiger partial charge in [-0.15, -0.1) is 0 Å². The summed E-state index contributed by atoms with van der Waals surface area (Å²) >= 11 is 0. The number of nitrogens with one attached hydrogen (secondary N) is 1. The van der Waals surface area contributed by atoms with Gasteiger partial charge in [-0.1, -0.05) is 36.4 Å². The molecule has 2 aromatic rings. The highest BCUT2D eigenvalue weighted by Crippen LogP contribution is 2.38. The van der Waals surface area contributed by atoms with Gasteiger partial charge in [0.15, 0.2) is 0 Å². The molecule has 10 heteroatoms. The van der Waals surface area contributed by atoms with Crippen molar-refractivity contribution < 1.29 is 12.8 Å². The zero-order valence-corrected chi connectivity index (χ0v) is 20.5. The number of sulfonamides is 1. The normalized spacial score (nSPS) is 23.7. The lowest BCUT2D eigenvalue weighted by molar-refractivity contribution is 0.279. The van der Waals surface area contributed by atoms with Crippen LogP contribution < -0.4 is 16.2 Å². The van der Waals surface area contributed by atoms with E-state index in [1.165, 1.54) is 10.4 Å². The highest BCUT2D eigenvalue weighted by Gasteiger charge is 2.40. The largest absolute Gasteiger partial charge is 0.368 e. The number of hydrogen-bond donors (Lipinski definition) is 2. The second-order valence-electron chi connectivity index (χ2n) is 8.86. The Balaban J connectivity index is 1.48. The van der Waals surface area contributed by atoms with E-state index >= 15 is 4.39 Å². The van der Waals surface area contributed by atoms with E-state index in [2.05, 4.69) is 15.3 Å². The third-order valence-electron chi connectivity index (χ3n) is 6.84. The van der Waals surface area contributed by atoms with E-state index in [0.717, 1.165) is 17.7 Å². The molecule has 2 unspecified atom stereocenters. The fraction of sp³-hybridized carbons (Fsp3) is 0.458. The lowest BCUT2D eigenvalue weighted by atomic mass is 10.0. The fourth-order valence-electron chi connectivity index (χ4n) is 4.85. The molecule has 0 aromatic heterocycles. The molecule has 2 fully saturated rings. The van der Waals surface area contributed by atoms with Crippen LogP contribution in [0.1, 0.15) is 36.1 Å². The molecule has 2 saturated heterocycles. The number of halogens is 1. The Hall–Kier alpha value is -2.69. The molecule has 0 bridgehead atoms. The van der Waals surface area contributed by atoms with Crippen LogP contribution in [-0.4, -0.2) is 62.9 Å². The topological polar surface area (TPSA) is 94.3 Å². The maximum atomic E-state index is 15.2. The number of nitrogens with two attached hydrogens (primary N) is 1. The van der Waals surface area contributed by atoms with Crippen LogP contribution in [0.15, 0.2) is 53.5 Å². The molecule has 2 atom stereocenters. The SMILES string of the molecule is CN=C(NN)N1CCN(c2ccc(CN3C(C)CCC(c4ccccc4)S3(=O)=O)c(F)c2)CC1. The molecule has 0 saturated carbocycles. The molecule has 2 heterocycles. The minimum Gasteiger partial charge on any atom is -0.368 e. The second kappa shape index (κ2) is 10.3. The highest BCUT2D eigenvalue weighted by atomic mass is 32.2. The number of guanidine groups is 1. The van der Waals surface area contributed by atoms with Crippen molar-refractivity contribution in [3.63, 3.8) is 0 Å². The van der Waals surface area contributed by atoms with Gasteiger partial charge in [0.2, 0.25) is 16.0 Å². The monoisotopic (exact) mass is 488 g/mol. The van der Waals surface area contributed by atoms with Gasteiger partial charge in [0.1, 0.15) is 11.1 Å². The Kier molecular flexibility index (Phi) is 7.39. The first-order chi connectivity index (χ1) is 16.3. The molecule has 0 radical (unpaired) electrons. The fourth-order valence-corrected chi connectivity index (χ4v) is 7.04. The van der Waals surface area contributed by atoms with E-state index in [1.807, 2.05) is 48.2 Å². The predicted octanol–water partition coefficient (Wildman–Crippen LogP) is 2.45. The summed E-state index contributed by atoms with van der Waals surface area (Å²) < 4.78 is 43.5. The van der Waals surface area contributed by atoms with E-state index in [1.54, 1.807) is 13.1 Å². The van der Waals surface area contributed by atoms with E-state index in [4.69, 9.17) is 5.84 Å². The summed E-state index contributed by atoms with van der Waals surface area (Å²) in [5.74, 6) is 5.76. The molecule has 0 amide bonds. The van der Waals surface area contributed by atoms with Crippen molar-refractivity contribution in [2.75, 3.05) is 38.1 Å². The van der Waals surface area contributed by atoms with Crippen LogP contribution in [0.3, 0.4) is 0 Å². The summed E-state index contributed by atoms with van der Waals surface area (Å²) in [4.78, 5) is 8.28. The van der Waals surface area contributed by atoms with E-state index in [-0.39, 0.29) is 18.4 Å². The Morgan fingerprint density at radius 1 is 1.12 bits per heavy atom. The first kappa shape index (κ1) is 24.4. The lowest BCUT2D eigenvalue weighted by Gasteiger charge is -2.38. The molecule has 8 nitrogen and oxygen atoms in total. The summed E-state index contributed by atoms with van der Waals surface area (Å²) in [6, 6.07) is 14.2. The van der Waals surface area contributed by atoms with E-state index in [9.17, 15) is 8.42 Å². The smallest absolute Gasteiger partial charge is 0.221 e. The summed E-state index contributed by atoms with van der Waals surface area (Å²) in [6.45, 7) is 4.76. The van der Waals surface area contributed by atoms with Crippen molar-refractivity contribution >= 4 is 21.7 Å². The number of benzene rings is 2. The van der Waals surface area contributed by atoms with Crippen molar-refractivity contribution in [3.05, 3.63) is 65.5 Å². The zero-order chi connectivity index (χ0) is 24.3. The van der Waals surface area contributed by atoms with E-state index in [0.29, 0.717) is 44.1 Å². The zero-order valence-electron chi connectivity index (χ0n) is 19.7. The molecule has 34 heavy (non-hydrogen) atoms. The Morgan fingerprint density at radius 3 is 2.44 bits per heavy atom. The van der Waals surface area contributed by atoms with Gasteiger partial charge in [-0.25, -0.2) is 18.7 Å². The number of anilines is 1. The van der Waals surface area contributed by atoms with Crippen LogP contribution in [0.4, 0.5) is 10.1 Å². The molecular formula is C24H33FN6O2S. The quantitative estimate of drug-likeness (QED) is 0.297. The van der Waals surface area contributed by atoms with Gasteiger partial charge in [-0.2, -0.15) is 4.31 Å². The highest BCUT2D eigenvalue weighted by molar-refractivity contribution is 7.89. The van der Waals surface area contributed by atoms with Crippen LogP contribution in [0.2, 0.25) is 0 Å².